The van der Waals surface area contributed by atoms with Crippen LogP contribution in [-0.2, 0) is 6.42 Å². The van der Waals surface area contributed by atoms with Crippen LogP contribution in [0.2, 0.25) is 0 Å². The van der Waals surface area contributed by atoms with Gasteiger partial charge in [-0.05, 0) is 23.6 Å². The summed E-state index contributed by atoms with van der Waals surface area (Å²) in [4.78, 5) is 0.454. The molecule has 0 spiro atoms. The zero-order valence-electron chi connectivity index (χ0n) is 8.89. The van der Waals surface area contributed by atoms with Crippen molar-refractivity contribution in [2.45, 2.75) is 6.42 Å². The van der Waals surface area contributed by atoms with Gasteiger partial charge in [0.1, 0.15) is 4.99 Å². The van der Waals surface area contributed by atoms with Gasteiger partial charge in [0.15, 0.2) is 0 Å². The molecule has 0 aliphatic carbocycles. The molecule has 0 bridgehead atoms. The molecule has 2 N–H and O–H groups in total. The molecule has 2 rings (SSSR count). The van der Waals surface area contributed by atoms with E-state index in [1.165, 1.54) is 11.1 Å². The minimum Gasteiger partial charge on any atom is -0.389 e. The summed E-state index contributed by atoms with van der Waals surface area (Å²) >= 11 is 4.96. The van der Waals surface area contributed by atoms with E-state index in [9.17, 15) is 0 Å². The number of hydrogen-bond acceptors (Lipinski definition) is 1. The van der Waals surface area contributed by atoms with Crippen LogP contribution in [0, 0.1) is 0 Å². The first-order chi connectivity index (χ1) is 7.75. The number of rotatable bonds is 3. The molecule has 80 valence electrons. The maximum Gasteiger partial charge on any atom is 0.103 e. The van der Waals surface area contributed by atoms with Crippen molar-refractivity contribution in [3.05, 3.63) is 71.3 Å². The SMILES string of the molecule is NC(=S)c1cccc(Cc2ccccc2)c1. The lowest BCUT2D eigenvalue weighted by Gasteiger charge is -2.04. The molecule has 0 unspecified atom stereocenters. The van der Waals surface area contributed by atoms with E-state index in [1.807, 2.05) is 30.3 Å². The number of benzene rings is 2. The Labute approximate surface area is 101 Å². The summed E-state index contributed by atoms with van der Waals surface area (Å²) in [6.07, 6.45) is 0.914. The van der Waals surface area contributed by atoms with Crippen molar-refractivity contribution in [2.24, 2.45) is 5.73 Å². The van der Waals surface area contributed by atoms with E-state index < -0.39 is 0 Å². The molecule has 0 aromatic heterocycles. The van der Waals surface area contributed by atoms with Crippen LogP contribution in [0.1, 0.15) is 16.7 Å². The molecule has 0 heterocycles. The first-order valence-corrected chi connectivity index (χ1v) is 5.59. The van der Waals surface area contributed by atoms with Crippen molar-refractivity contribution < 1.29 is 0 Å². The molecule has 0 aliphatic rings. The zero-order chi connectivity index (χ0) is 11.4. The second-order valence-electron chi connectivity index (χ2n) is 3.73. The van der Waals surface area contributed by atoms with E-state index in [2.05, 4.69) is 24.3 Å². The predicted molar refractivity (Wildman–Crippen MR) is 71.6 cm³/mol. The molecule has 0 aliphatic heterocycles. The third kappa shape index (κ3) is 2.67. The third-order valence-electron chi connectivity index (χ3n) is 2.46. The van der Waals surface area contributed by atoms with Gasteiger partial charge in [-0.2, -0.15) is 0 Å². The van der Waals surface area contributed by atoms with Crippen LogP contribution in [-0.4, -0.2) is 4.99 Å². The Bertz CT molecular complexity index is 491. The van der Waals surface area contributed by atoms with Crippen molar-refractivity contribution >= 4 is 17.2 Å². The second-order valence-corrected chi connectivity index (χ2v) is 4.17. The maximum atomic E-state index is 5.61. The van der Waals surface area contributed by atoms with Crippen LogP contribution in [0.25, 0.3) is 0 Å². The fourth-order valence-corrected chi connectivity index (χ4v) is 1.79. The molecule has 1 nitrogen and oxygen atoms in total. The van der Waals surface area contributed by atoms with E-state index in [1.54, 1.807) is 0 Å². The van der Waals surface area contributed by atoms with Gasteiger partial charge in [-0.15, -0.1) is 0 Å². The highest BCUT2D eigenvalue weighted by molar-refractivity contribution is 7.80. The molecule has 2 heteroatoms. The lowest BCUT2D eigenvalue weighted by atomic mass is 10.0. The molecule has 2 aromatic carbocycles. The summed E-state index contributed by atoms with van der Waals surface area (Å²) in [6, 6.07) is 18.4. The minimum absolute atomic E-state index is 0.454. The summed E-state index contributed by atoms with van der Waals surface area (Å²) in [6.45, 7) is 0. The summed E-state index contributed by atoms with van der Waals surface area (Å²) in [5.74, 6) is 0. The van der Waals surface area contributed by atoms with Crippen molar-refractivity contribution in [2.75, 3.05) is 0 Å². The van der Waals surface area contributed by atoms with E-state index in [0.29, 0.717) is 4.99 Å². The van der Waals surface area contributed by atoms with E-state index in [-0.39, 0.29) is 0 Å². The Morgan fingerprint density at radius 3 is 2.31 bits per heavy atom. The molecule has 0 saturated heterocycles. The average Bonchev–Trinajstić information content (AvgIpc) is 2.30. The number of nitrogens with two attached hydrogens (primary N) is 1. The second kappa shape index (κ2) is 4.90. The van der Waals surface area contributed by atoms with Crippen LogP contribution < -0.4 is 5.73 Å². The Kier molecular flexibility index (Phi) is 3.32. The first kappa shape index (κ1) is 10.8. The topological polar surface area (TPSA) is 26.0 Å². The summed E-state index contributed by atoms with van der Waals surface area (Å²) in [5.41, 5.74) is 9.07. The summed E-state index contributed by atoms with van der Waals surface area (Å²) in [7, 11) is 0. The van der Waals surface area contributed by atoms with Gasteiger partial charge < -0.3 is 5.73 Å². The van der Waals surface area contributed by atoms with Crippen LogP contribution in [0.3, 0.4) is 0 Å². The minimum atomic E-state index is 0.454. The largest absolute Gasteiger partial charge is 0.389 e. The fraction of sp³-hybridized carbons (Fsp3) is 0.0714. The Balaban J connectivity index is 2.22. The predicted octanol–water partition coefficient (Wildman–Crippen LogP) is 2.91. The Hall–Kier alpha value is -1.67. The molecular weight excluding hydrogens is 214 g/mol. The standard InChI is InChI=1S/C14H13NS/c15-14(16)13-8-4-7-12(10-13)9-11-5-2-1-3-6-11/h1-8,10H,9H2,(H2,15,16). The van der Waals surface area contributed by atoms with E-state index >= 15 is 0 Å². The van der Waals surface area contributed by atoms with Crippen LogP contribution in [0.5, 0.6) is 0 Å². The Morgan fingerprint density at radius 1 is 0.938 bits per heavy atom. The fourth-order valence-electron chi connectivity index (χ4n) is 1.67. The highest BCUT2D eigenvalue weighted by Crippen LogP contribution is 2.11. The lowest BCUT2D eigenvalue weighted by molar-refractivity contribution is 1.19. The van der Waals surface area contributed by atoms with Gasteiger partial charge in [0.05, 0.1) is 0 Å². The highest BCUT2D eigenvalue weighted by atomic mass is 32.1. The van der Waals surface area contributed by atoms with Crippen molar-refractivity contribution in [3.8, 4) is 0 Å². The van der Waals surface area contributed by atoms with Gasteiger partial charge in [0.2, 0.25) is 0 Å². The van der Waals surface area contributed by atoms with E-state index in [4.69, 9.17) is 18.0 Å². The normalized spacial score (nSPS) is 10.0. The number of thiocarbonyl (C=S) groups is 1. The quantitative estimate of drug-likeness (QED) is 0.816. The van der Waals surface area contributed by atoms with Gasteiger partial charge in [-0.1, -0.05) is 60.7 Å². The van der Waals surface area contributed by atoms with Gasteiger partial charge in [0.25, 0.3) is 0 Å². The van der Waals surface area contributed by atoms with Crippen LogP contribution in [0.15, 0.2) is 54.6 Å². The smallest absolute Gasteiger partial charge is 0.103 e. The van der Waals surface area contributed by atoms with Gasteiger partial charge >= 0.3 is 0 Å². The monoisotopic (exact) mass is 227 g/mol. The van der Waals surface area contributed by atoms with Crippen LogP contribution in [0.4, 0.5) is 0 Å². The average molecular weight is 227 g/mol. The zero-order valence-corrected chi connectivity index (χ0v) is 9.71. The molecule has 0 radical (unpaired) electrons. The molecule has 0 saturated carbocycles. The third-order valence-corrected chi connectivity index (χ3v) is 2.70. The maximum absolute atomic E-state index is 5.61. The van der Waals surface area contributed by atoms with Crippen molar-refractivity contribution in [1.82, 2.24) is 0 Å². The molecule has 0 amide bonds. The van der Waals surface area contributed by atoms with Crippen LogP contribution >= 0.6 is 12.2 Å². The summed E-state index contributed by atoms with van der Waals surface area (Å²) in [5, 5.41) is 0. The number of hydrogen-bond donors (Lipinski definition) is 1. The summed E-state index contributed by atoms with van der Waals surface area (Å²) < 4.78 is 0. The molecule has 2 aromatic rings. The molecule has 0 fully saturated rings. The molecular formula is C14H13NS. The first-order valence-electron chi connectivity index (χ1n) is 5.18. The van der Waals surface area contributed by atoms with Gasteiger partial charge in [0, 0.05) is 5.56 Å². The Morgan fingerprint density at radius 2 is 1.62 bits per heavy atom. The van der Waals surface area contributed by atoms with Crippen molar-refractivity contribution in [1.29, 1.82) is 0 Å². The lowest BCUT2D eigenvalue weighted by Crippen LogP contribution is -2.09. The van der Waals surface area contributed by atoms with Gasteiger partial charge in [-0.3, -0.25) is 0 Å². The molecule has 16 heavy (non-hydrogen) atoms. The van der Waals surface area contributed by atoms with E-state index in [0.717, 1.165) is 12.0 Å². The molecule has 0 atom stereocenters. The highest BCUT2D eigenvalue weighted by Gasteiger charge is 1.99. The van der Waals surface area contributed by atoms with Crippen molar-refractivity contribution in [3.63, 3.8) is 0 Å². The van der Waals surface area contributed by atoms with Gasteiger partial charge in [-0.25, -0.2) is 0 Å².